The van der Waals surface area contributed by atoms with Crippen LogP contribution in [0.3, 0.4) is 0 Å². The van der Waals surface area contributed by atoms with E-state index < -0.39 is 17.7 Å². The van der Waals surface area contributed by atoms with Gasteiger partial charge in [0.2, 0.25) is 5.91 Å². The first kappa shape index (κ1) is 15.2. The van der Waals surface area contributed by atoms with Crippen LogP contribution in [0.15, 0.2) is 12.1 Å². The summed E-state index contributed by atoms with van der Waals surface area (Å²) in [5.74, 6) is -1.93. The van der Waals surface area contributed by atoms with Gasteiger partial charge in [0, 0.05) is 25.2 Å². The maximum Gasteiger partial charge on any atom is 0.249 e. The lowest BCUT2D eigenvalue weighted by molar-refractivity contribution is -0.119. The van der Waals surface area contributed by atoms with Gasteiger partial charge in [-0.05, 0) is 32.9 Å². The molecule has 0 radical (unpaired) electrons. The predicted molar refractivity (Wildman–Crippen MR) is 82.1 cm³/mol. The molecule has 120 valence electrons. The number of nitrogens with zero attached hydrogens (tertiary/aromatic N) is 2. The van der Waals surface area contributed by atoms with E-state index in [2.05, 4.69) is 10.2 Å². The molecule has 2 aliphatic rings. The number of nitrogens with one attached hydrogen (secondary N) is 1. The summed E-state index contributed by atoms with van der Waals surface area (Å²) in [6.07, 6.45) is 3.62. The molecule has 1 unspecified atom stereocenters. The van der Waals surface area contributed by atoms with Crippen LogP contribution in [0, 0.1) is 11.6 Å². The number of hydrogen-bond donors (Lipinski definition) is 1. The van der Waals surface area contributed by atoms with Crippen LogP contribution in [0.1, 0.15) is 26.2 Å². The van der Waals surface area contributed by atoms with Gasteiger partial charge in [0.25, 0.3) is 0 Å². The Kier molecular flexibility index (Phi) is 4.29. The number of likely N-dealkylation sites (tertiary alicyclic amines) is 1. The Morgan fingerprint density at radius 2 is 1.82 bits per heavy atom. The van der Waals surface area contributed by atoms with Gasteiger partial charge >= 0.3 is 0 Å². The van der Waals surface area contributed by atoms with Crippen LogP contribution in [0.4, 0.5) is 20.2 Å². The van der Waals surface area contributed by atoms with Crippen molar-refractivity contribution in [2.75, 3.05) is 36.4 Å². The van der Waals surface area contributed by atoms with Crippen LogP contribution in [-0.2, 0) is 4.79 Å². The molecular weight excluding hydrogens is 288 g/mol. The number of carbonyl (C=O) groups excluding carboxylic acids is 1. The van der Waals surface area contributed by atoms with E-state index in [1.165, 1.54) is 19.3 Å². The molecule has 1 aromatic rings. The molecule has 1 amide bonds. The minimum Gasteiger partial charge on any atom is -0.372 e. The second kappa shape index (κ2) is 6.20. The van der Waals surface area contributed by atoms with Gasteiger partial charge in [-0.3, -0.25) is 4.79 Å². The number of hydrogen-bond acceptors (Lipinski definition) is 3. The minimum absolute atomic E-state index is 0.101. The summed E-state index contributed by atoms with van der Waals surface area (Å²) in [7, 11) is 0. The summed E-state index contributed by atoms with van der Waals surface area (Å²) in [6.45, 7) is 5.08. The Balaban J connectivity index is 1.80. The molecule has 0 aromatic heterocycles. The van der Waals surface area contributed by atoms with Crippen LogP contribution in [0.25, 0.3) is 0 Å². The molecule has 1 fully saturated rings. The van der Waals surface area contributed by atoms with E-state index in [4.69, 9.17) is 0 Å². The lowest BCUT2D eigenvalue weighted by atomic mass is 10.1. The Hall–Kier alpha value is -1.69. The Labute approximate surface area is 129 Å². The van der Waals surface area contributed by atoms with Crippen molar-refractivity contribution in [3.05, 3.63) is 23.8 Å². The summed E-state index contributed by atoms with van der Waals surface area (Å²) >= 11 is 0. The van der Waals surface area contributed by atoms with Crippen LogP contribution in [0.2, 0.25) is 0 Å². The summed E-state index contributed by atoms with van der Waals surface area (Å²) < 4.78 is 27.0. The molecule has 2 heterocycles. The fraction of sp³-hybridized carbons (Fsp3) is 0.562. The zero-order valence-corrected chi connectivity index (χ0v) is 12.7. The largest absolute Gasteiger partial charge is 0.372 e. The van der Waals surface area contributed by atoms with E-state index in [-0.39, 0.29) is 5.91 Å². The quantitative estimate of drug-likeness (QED) is 0.932. The summed E-state index contributed by atoms with van der Waals surface area (Å²) in [5, 5.41) is 2.93. The lowest BCUT2D eigenvalue weighted by Crippen LogP contribution is -2.49. The Morgan fingerprint density at radius 1 is 1.14 bits per heavy atom. The van der Waals surface area contributed by atoms with Crippen LogP contribution in [0.5, 0.6) is 0 Å². The molecule has 2 aliphatic heterocycles. The van der Waals surface area contributed by atoms with E-state index in [0.29, 0.717) is 17.9 Å². The molecular formula is C16H21F2N3O. The summed E-state index contributed by atoms with van der Waals surface area (Å²) in [4.78, 5) is 16.3. The van der Waals surface area contributed by atoms with Crippen molar-refractivity contribution in [2.45, 2.75) is 32.2 Å². The number of fused-ring (bicyclic) bond motifs is 1. The highest BCUT2D eigenvalue weighted by Gasteiger charge is 2.31. The molecule has 0 aliphatic carbocycles. The Morgan fingerprint density at radius 3 is 2.55 bits per heavy atom. The number of halogens is 2. The third-order valence-electron chi connectivity index (χ3n) is 4.43. The Bertz CT molecular complexity index is 573. The van der Waals surface area contributed by atoms with Gasteiger partial charge in [0.1, 0.15) is 6.04 Å². The van der Waals surface area contributed by atoms with Crippen LogP contribution >= 0.6 is 0 Å². The normalized spacial score (nSPS) is 22.4. The first-order chi connectivity index (χ1) is 10.6. The van der Waals surface area contributed by atoms with Crippen LogP contribution < -0.4 is 10.2 Å². The monoisotopic (exact) mass is 309 g/mol. The molecule has 1 saturated heterocycles. The average molecular weight is 309 g/mol. The molecule has 22 heavy (non-hydrogen) atoms. The first-order valence-electron chi connectivity index (χ1n) is 7.85. The smallest absolute Gasteiger partial charge is 0.249 e. The van der Waals surface area contributed by atoms with E-state index >= 15 is 0 Å². The highest BCUT2D eigenvalue weighted by molar-refractivity contribution is 6.04. The lowest BCUT2D eigenvalue weighted by Gasteiger charge is -2.36. The minimum atomic E-state index is -0.925. The molecule has 1 aromatic carbocycles. The van der Waals surface area contributed by atoms with E-state index in [9.17, 15) is 13.6 Å². The number of anilines is 2. The fourth-order valence-electron chi connectivity index (χ4n) is 3.18. The highest BCUT2D eigenvalue weighted by Crippen LogP contribution is 2.33. The van der Waals surface area contributed by atoms with Crippen molar-refractivity contribution in [2.24, 2.45) is 0 Å². The van der Waals surface area contributed by atoms with Crippen molar-refractivity contribution in [3.63, 3.8) is 0 Å². The van der Waals surface area contributed by atoms with Gasteiger partial charge in [-0.1, -0.05) is 6.42 Å². The van der Waals surface area contributed by atoms with Crippen molar-refractivity contribution in [3.8, 4) is 0 Å². The van der Waals surface area contributed by atoms with Gasteiger partial charge in [-0.25, -0.2) is 8.78 Å². The topological polar surface area (TPSA) is 35.6 Å². The maximum absolute atomic E-state index is 13.5. The molecule has 3 rings (SSSR count). The van der Waals surface area contributed by atoms with Crippen LogP contribution in [-0.4, -0.2) is 43.0 Å². The SMILES string of the molecule is CC1Nc2cc(F)c(F)cc2N(CCN2CCCCC2)C1=O. The number of benzene rings is 1. The zero-order chi connectivity index (χ0) is 15.7. The number of carbonyl (C=O) groups is 1. The number of piperidine rings is 1. The van der Waals surface area contributed by atoms with Crippen molar-refractivity contribution >= 4 is 17.3 Å². The molecule has 1 N–H and O–H groups in total. The van der Waals surface area contributed by atoms with Crippen molar-refractivity contribution in [1.29, 1.82) is 0 Å². The molecule has 0 spiro atoms. The fourth-order valence-corrected chi connectivity index (χ4v) is 3.18. The van der Waals surface area contributed by atoms with Gasteiger partial charge in [-0.2, -0.15) is 0 Å². The standard InChI is InChI=1S/C16H21F2N3O/c1-11-16(22)21(8-7-20-5-3-2-4-6-20)15-10-13(18)12(17)9-14(15)19-11/h9-11,19H,2-8H2,1H3. The molecule has 4 nitrogen and oxygen atoms in total. The zero-order valence-electron chi connectivity index (χ0n) is 12.7. The number of rotatable bonds is 3. The van der Waals surface area contributed by atoms with E-state index in [1.54, 1.807) is 11.8 Å². The van der Waals surface area contributed by atoms with Crippen molar-refractivity contribution < 1.29 is 13.6 Å². The average Bonchev–Trinajstić information content (AvgIpc) is 2.51. The predicted octanol–water partition coefficient (Wildman–Crippen LogP) is 2.60. The van der Waals surface area contributed by atoms with Crippen molar-refractivity contribution in [1.82, 2.24) is 4.90 Å². The third kappa shape index (κ3) is 2.92. The second-order valence-electron chi connectivity index (χ2n) is 6.04. The van der Waals surface area contributed by atoms with E-state index in [0.717, 1.165) is 31.8 Å². The molecule has 1 atom stereocenters. The number of amides is 1. The molecule has 6 heteroatoms. The molecule has 0 saturated carbocycles. The van der Waals surface area contributed by atoms with E-state index in [1.807, 2.05) is 0 Å². The third-order valence-corrected chi connectivity index (χ3v) is 4.43. The first-order valence-corrected chi connectivity index (χ1v) is 7.85. The van der Waals surface area contributed by atoms with Gasteiger partial charge < -0.3 is 15.1 Å². The molecule has 0 bridgehead atoms. The van der Waals surface area contributed by atoms with Gasteiger partial charge in [-0.15, -0.1) is 0 Å². The summed E-state index contributed by atoms with van der Waals surface area (Å²) in [6, 6.07) is 1.80. The summed E-state index contributed by atoms with van der Waals surface area (Å²) in [5.41, 5.74) is 0.906. The maximum atomic E-state index is 13.5. The highest BCUT2D eigenvalue weighted by atomic mass is 19.2. The van der Waals surface area contributed by atoms with Gasteiger partial charge in [0.05, 0.1) is 11.4 Å². The second-order valence-corrected chi connectivity index (χ2v) is 6.04. The van der Waals surface area contributed by atoms with Gasteiger partial charge in [0.15, 0.2) is 11.6 Å².